The maximum atomic E-state index is 10.3. The summed E-state index contributed by atoms with van der Waals surface area (Å²) >= 11 is 0. The Balaban J connectivity index is 2.39. The quantitative estimate of drug-likeness (QED) is 0.874. The van der Waals surface area contributed by atoms with E-state index in [4.69, 9.17) is 5.10 Å². The Labute approximate surface area is 117 Å². The highest BCUT2D eigenvalue weighted by atomic mass is 16.3. The molecule has 0 amide bonds. The Morgan fingerprint density at radius 3 is 2.37 bits per heavy atom. The lowest BCUT2D eigenvalue weighted by molar-refractivity contribution is 0.171. The van der Waals surface area contributed by atoms with Crippen molar-refractivity contribution in [3.8, 4) is 0 Å². The fourth-order valence-corrected chi connectivity index (χ4v) is 3.36. The van der Waals surface area contributed by atoms with Crippen LogP contribution in [0, 0.1) is 0 Å². The molecule has 1 N–H and O–H groups in total. The van der Waals surface area contributed by atoms with Gasteiger partial charge < -0.3 is 5.11 Å². The summed E-state index contributed by atoms with van der Waals surface area (Å²) in [6.07, 6.45) is 8.82. The van der Waals surface area contributed by atoms with E-state index in [2.05, 4.69) is 18.5 Å². The summed E-state index contributed by atoms with van der Waals surface area (Å²) in [6.45, 7) is 6.36. The van der Waals surface area contributed by atoms with Gasteiger partial charge in [0.15, 0.2) is 0 Å². The van der Waals surface area contributed by atoms with Crippen LogP contribution in [0.3, 0.4) is 0 Å². The molecule has 0 aliphatic heterocycles. The number of hydrogen-bond acceptors (Lipinski definition) is 2. The van der Waals surface area contributed by atoms with Gasteiger partial charge in [-0.1, -0.05) is 40.0 Å². The summed E-state index contributed by atoms with van der Waals surface area (Å²) < 4.78 is 2.26. The van der Waals surface area contributed by atoms with E-state index in [1.54, 1.807) is 0 Å². The highest BCUT2D eigenvalue weighted by molar-refractivity contribution is 5.29. The maximum absolute atomic E-state index is 10.3. The predicted molar refractivity (Wildman–Crippen MR) is 78.4 cm³/mol. The van der Waals surface area contributed by atoms with Crippen molar-refractivity contribution in [1.29, 1.82) is 0 Å². The van der Waals surface area contributed by atoms with E-state index >= 15 is 0 Å². The molecule has 2 rings (SSSR count). The summed E-state index contributed by atoms with van der Waals surface area (Å²) in [5.74, 6) is 0. The Morgan fingerprint density at radius 1 is 1.16 bits per heavy atom. The number of aliphatic hydroxyl groups excluding tert-OH is 1. The third-order valence-corrected chi connectivity index (χ3v) is 4.44. The van der Waals surface area contributed by atoms with Crippen molar-refractivity contribution in [3.05, 3.63) is 17.0 Å². The summed E-state index contributed by atoms with van der Waals surface area (Å²) in [5.41, 5.74) is 3.51. The van der Waals surface area contributed by atoms with Gasteiger partial charge in [0, 0.05) is 11.3 Å². The van der Waals surface area contributed by atoms with Crippen LogP contribution in [-0.4, -0.2) is 14.9 Å². The number of aromatic nitrogens is 2. The predicted octanol–water partition coefficient (Wildman–Crippen LogP) is 3.96. The van der Waals surface area contributed by atoms with E-state index in [9.17, 15) is 5.11 Å². The Morgan fingerprint density at radius 2 is 1.84 bits per heavy atom. The molecular formula is C16H28N2O. The minimum atomic E-state index is -0.345. The van der Waals surface area contributed by atoms with Crippen molar-refractivity contribution < 1.29 is 5.11 Å². The van der Waals surface area contributed by atoms with Crippen LogP contribution < -0.4 is 0 Å². The first-order chi connectivity index (χ1) is 9.22. The summed E-state index contributed by atoms with van der Waals surface area (Å²) in [5, 5.41) is 15.2. The lowest BCUT2D eigenvalue weighted by Crippen LogP contribution is -2.17. The molecule has 1 heterocycles. The molecule has 1 fully saturated rings. The van der Waals surface area contributed by atoms with Crippen molar-refractivity contribution in [2.75, 3.05) is 0 Å². The largest absolute Gasteiger partial charge is 0.388 e. The molecule has 1 aromatic rings. The molecule has 1 aromatic heterocycles. The number of rotatable bonds is 5. The van der Waals surface area contributed by atoms with Crippen LogP contribution in [0.1, 0.15) is 88.4 Å². The van der Waals surface area contributed by atoms with Crippen LogP contribution in [0.2, 0.25) is 0 Å². The van der Waals surface area contributed by atoms with E-state index in [0.717, 1.165) is 30.5 Å². The van der Waals surface area contributed by atoms with Gasteiger partial charge in [-0.05, 0) is 32.1 Å². The first-order valence-corrected chi connectivity index (χ1v) is 8.01. The molecule has 1 aliphatic carbocycles. The van der Waals surface area contributed by atoms with E-state index in [1.807, 2.05) is 6.92 Å². The van der Waals surface area contributed by atoms with Gasteiger partial charge in [0.05, 0.1) is 17.8 Å². The Bertz CT molecular complexity index is 405. The Hall–Kier alpha value is -0.830. The zero-order valence-electron chi connectivity index (χ0n) is 12.7. The van der Waals surface area contributed by atoms with Gasteiger partial charge in [-0.2, -0.15) is 5.10 Å². The van der Waals surface area contributed by atoms with Crippen molar-refractivity contribution in [2.24, 2.45) is 0 Å². The minimum absolute atomic E-state index is 0.345. The second-order valence-corrected chi connectivity index (χ2v) is 5.67. The molecule has 3 heteroatoms. The number of nitrogens with zero attached hydrogens (tertiary/aromatic N) is 2. The molecule has 1 saturated carbocycles. The average Bonchev–Trinajstić information content (AvgIpc) is 2.85. The van der Waals surface area contributed by atoms with E-state index in [-0.39, 0.29) is 6.10 Å². The zero-order valence-corrected chi connectivity index (χ0v) is 12.7. The van der Waals surface area contributed by atoms with Gasteiger partial charge in [-0.15, -0.1) is 0 Å². The zero-order chi connectivity index (χ0) is 13.8. The van der Waals surface area contributed by atoms with Gasteiger partial charge in [0.2, 0.25) is 0 Å². The van der Waals surface area contributed by atoms with E-state index < -0.39 is 0 Å². The molecular weight excluding hydrogens is 236 g/mol. The van der Waals surface area contributed by atoms with Gasteiger partial charge >= 0.3 is 0 Å². The van der Waals surface area contributed by atoms with Crippen molar-refractivity contribution in [1.82, 2.24) is 9.78 Å². The number of aryl methyl sites for hydroxylation is 1. The number of hydrogen-bond donors (Lipinski definition) is 1. The summed E-state index contributed by atoms with van der Waals surface area (Å²) in [4.78, 5) is 0. The molecule has 0 saturated heterocycles. The first-order valence-electron chi connectivity index (χ1n) is 8.01. The monoisotopic (exact) mass is 264 g/mol. The van der Waals surface area contributed by atoms with Gasteiger partial charge in [0.25, 0.3) is 0 Å². The maximum Gasteiger partial charge on any atom is 0.0823 e. The SMILES string of the molecule is CCc1nn(C2CCCCC2)c(CC)c1C(O)CC. The topological polar surface area (TPSA) is 38.0 Å². The molecule has 3 nitrogen and oxygen atoms in total. The smallest absolute Gasteiger partial charge is 0.0823 e. The molecule has 108 valence electrons. The summed E-state index contributed by atoms with van der Waals surface area (Å²) in [6, 6.07) is 0.562. The molecule has 0 radical (unpaired) electrons. The van der Waals surface area contributed by atoms with Crippen LogP contribution in [0.25, 0.3) is 0 Å². The van der Waals surface area contributed by atoms with E-state index in [0.29, 0.717) is 6.04 Å². The van der Waals surface area contributed by atoms with Crippen molar-refractivity contribution >= 4 is 0 Å². The van der Waals surface area contributed by atoms with Gasteiger partial charge in [-0.25, -0.2) is 0 Å². The molecule has 1 atom stereocenters. The lowest BCUT2D eigenvalue weighted by atomic mass is 9.95. The average molecular weight is 264 g/mol. The molecule has 19 heavy (non-hydrogen) atoms. The minimum Gasteiger partial charge on any atom is -0.388 e. The van der Waals surface area contributed by atoms with Crippen LogP contribution in [0.15, 0.2) is 0 Å². The van der Waals surface area contributed by atoms with Crippen molar-refractivity contribution in [3.63, 3.8) is 0 Å². The highest BCUT2D eigenvalue weighted by Gasteiger charge is 2.25. The van der Waals surface area contributed by atoms with Crippen LogP contribution in [0.4, 0.5) is 0 Å². The van der Waals surface area contributed by atoms with Crippen LogP contribution in [0.5, 0.6) is 0 Å². The first kappa shape index (κ1) is 14.6. The Kier molecular flexibility index (Phi) is 5.03. The molecule has 0 aromatic carbocycles. The van der Waals surface area contributed by atoms with Crippen molar-refractivity contribution in [2.45, 2.75) is 84.3 Å². The third kappa shape index (κ3) is 2.86. The molecule has 0 bridgehead atoms. The molecule has 1 unspecified atom stereocenters. The highest BCUT2D eigenvalue weighted by Crippen LogP contribution is 2.33. The number of aliphatic hydroxyl groups is 1. The van der Waals surface area contributed by atoms with Gasteiger partial charge in [0.1, 0.15) is 0 Å². The molecule has 1 aliphatic rings. The lowest BCUT2D eigenvalue weighted by Gasteiger charge is -2.24. The summed E-state index contributed by atoms with van der Waals surface area (Å²) in [7, 11) is 0. The van der Waals surface area contributed by atoms with Crippen LogP contribution >= 0.6 is 0 Å². The molecule has 0 spiro atoms. The van der Waals surface area contributed by atoms with E-state index in [1.165, 1.54) is 37.8 Å². The fourth-order valence-electron chi connectivity index (χ4n) is 3.36. The normalized spacial score (nSPS) is 18.7. The van der Waals surface area contributed by atoms with Crippen LogP contribution in [-0.2, 0) is 12.8 Å². The van der Waals surface area contributed by atoms with Gasteiger partial charge in [-0.3, -0.25) is 4.68 Å². The third-order valence-electron chi connectivity index (χ3n) is 4.44. The second-order valence-electron chi connectivity index (χ2n) is 5.67. The standard InChI is InChI=1S/C16H28N2O/c1-4-13-16(15(19)6-3)14(5-2)18(17-13)12-10-8-7-9-11-12/h12,15,19H,4-11H2,1-3H3. The fraction of sp³-hybridized carbons (Fsp3) is 0.812. The second kappa shape index (κ2) is 6.56.